The first-order valence-corrected chi connectivity index (χ1v) is 11.3. The first kappa shape index (κ1) is 26.6. The quantitative estimate of drug-likeness (QED) is 0.228. The fourth-order valence-electron chi connectivity index (χ4n) is 4.06. The van der Waals surface area contributed by atoms with Crippen molar-refractivity contribution in [2.75, 3.05) is 43.5 Å². The SMILES string of the molecule is COC(=O)c1ccc(N2CCN(C(=O)c3ccccc3)CC2)c(NC(=O)c2c(F)c(F)c(F)c(F)c2F)c1. The first-order valence-electron chi connectivity index (χ1n) is 11.3. The zero-order valence-corrected chi connectivity index (χ0v) is 19.9. The molecule has 0 aliphatic carbocycles. The molecule has 3 aromatic carbocycles. The van der Waals surface area contributed by atoms with Crippen LogP contribution >= 0.6 is 0 Å². The van der Waals surface area contributed by atoms with Gasteiger partial charge in [0.05, 0.1) is 24.0 Å². The molecule has 1 saturated heterocycles. The van der Waals surface area contributed by atoms with E-state index in [0.29, 0.717) is 11.3 Å². The minimum absolute atomic E-state index is 0.0400. The Hall–Kier alpha value is -4.48. The second kappa shape index (κ2) is 10.9. The van der Waals surface area contributed by atoms with Gasteiger partial charge in [-0.25, -0.2) is 26.7 Å². The lowest BCUT2D eigenvalue weighted by Gasteiger charge is -2.37. The molecule has 0 spiro atoms. The van der Waals surface area contributed by atoms with Crippen LogP contribution in [0.2, 0.25) is 0 Å². The van der Waals surface area contributed by atoms with Crippen LogP contribution in [0.4, 0.5) is 33.3 Å². The number of ether oxygens (including phenoxy) is 1. The van der Waals surface area contributed by atoms with Crippen molar-refractivity contribution in [3.05, 3.63) is 94.3 Å². The molecule has 0 bridgehead atoms. The van der Waals surface area contributed by atoms with Crippen molar-refractivity contribution in [3.8, 4) is 0 Å². The van der Waals surface area contributed by atoms with E-state index in [4.69, 9.17) is 0 Å². The number of amides is 2. The largest absolute Gasteiger partial charge is 0.465 e. The molecule has 3 aromatic rings. The Morgan fingerprint density at radius 3 is 1.92 bits per heavy atom. The minimum atomic E-state index is -2.40. The molecule has 1 aliphatic heterocycles. The Morgan fingerprint density at radius 2 is 1.34 bits per heavy atom. The lowest BCUT2D eigenvalue weighted by atomic mass is 10.1. The number of carbonyl (C=O) groups is 3. The van der Waals surface area contributed by atoms with E-state index in [0.717, 1.165) is 13.2 Å². The van der Waals surface area contributed by atoms with Gasteiger partial charge in [0.25, 0.3) is 11.8 Å². The molecule has 0 saturated carbocycles. The standard InChI is InChI=1S/C26H20F5N3O4/c1-38-26(37)15-7-8-17(33-9-11-34(12-10-33)25(36)14-5-3-2-4-6-14)16(13-15)32-24(35)18-19(27)21(29)23(31)22(30)20(18)28/h2-8,13H,9-12H2,1H3,(H,32,35). The number of hydrogen-bond acceptors (Lipinski definition) is 5. The number of benzene rings is 3. The Morgan fingerprint density at radius 1 is 0.763 bits per heavy atom. The first-order chi connectivity index (χ1) is 18.1. The van der Waals surface area contributed by atoms with Crippen LogP contribution in [-0.4, -0.2) is 56.0 Å². The molecule has 2 amide bonds. The van der Waals surface area contributed by atoms with Gasteiger partial charge in [0, 0.05) is 31.7 Å². The molecule has 0 radical (unpaired) electrons. The lowest BCUT2D eigenvalue weighted by Crippen LogP contribution is -2.49. The zero-order valence-electron chi connectivity index (χ0n) is 19.9. The number of halogens is 5. The van der Waals surface area contributed by atoms with Gasteiger partial charge < -0.3 is 19.9 Å². The second-order valence-corrected chi connectivity index (χ2v) is 8.27. The molecule has 1 aliphatic rings. The van der Waals surface area contributed by atoms with Gasteiger partial charge in [0.2, 0.25) is 5.82 Å². The van der Waals surface area contributed by atoms with E-state index in [2.05, 4.69) is 10.1 Å². The lowest BCUT2D eigenvalue weighted by molar-refractivity contribution is 0.0600. The topological polar surface area (TPSA) is 79.0 Å². The van der Waals surface area contributed by atoms with Crippen LogP contribution in [-0.2, 0) is 4.74 Å². The summed E-state index contributed by atoms with van der Waals surface area (Å²) in [5.74, 6) is -14.1. The highest BCUT2D eigenvalue weighted by molar-refractivity contribution is 6.07. The van der Waals surface area contributed by atoms with Gasteiger partial charge in [-0.15, -0.1) is 0 Å². The molecule has 0 atom stereocenters. The summed E-state index contributed by atoms with van der Waals surface area (Å²) >= 11 is 0. The molecule has 0 aromatic heterocycles. The van der Waals surface area contributed by atoms with Crippen molar-refractivity contribution in [3.63, 3.8) is 0 Å². The van der Waals surface area contributed by atoms with Crippen LogP contribution in [0, 0.1) is 29.1 Å². The number of nitrogens with one attached hydrogen (secondary N) is 1. The van der Waals surface area contributed by atoms with Crippen LogP contribution in [0.3, 0.4) is 0 Å². The van der Waals surface area contributed by atoms with Crippen molar-refractivity contribution in [1.82, 2.24) is 4.90 Å². The van der Waals surface area contributed by atoms with Crippen molar-refractivity contribution in [2.24, 2.45) is 0 Å². The number of methoxy groups -OCH3 is 1. The Labute approximate surface area is 213 Å². The number of esters is 1. The minimum Gasteiger partial charge on any atom is -0.465 e. The molecular weight excluding hydrogens is 513 g/mol. The Kier molecular flexibility index (Phi) is 7.60. The van der Waals surface area contributed by atoms with Gasteiger partial charge in [-0.1, -0.05) is 18.2 Å². The predicted octanol–water partition coefficient (Wildman–Crippen LogP) is 4.38. The molecular formula is C26H20F5N3O4. The summed E-state index contributed by atoms with van der Waals surface area (Å²) in [6.45, 7) is 1.14. The maximum atomic E-state index is 14.2. The number of hydrogen-bond donors (Lipinski definition) is 1. The molecule has 1 N–H and O–H groups in total. The highest BCUT2D eigenvalue weighted by Crippen LogP contribution is 2.31. The Balaban J connectivity index is 1.62. The van der Waals surface area contributed by atoms with Crippen LogP contribution in [0.15, 0.2) is 48.5 Å². The highest BCUT2D eigenvalue weighted by atomic mass is 19.2. The van der Waals surface area contributed by atoms with Crippen LogP contribution in [0.25, 0.3) is 0 Å². The second-order valence-electron chi connectivity index (χ2n) is 8.27. The van der Waals surface area contributed by atoms with E-state index in [1.165, 1.54) is 12.1 Å². The van der Waals surface area contributed by atoms with Gasteiger partial charge in [-0.3, -0.25) is 9.59 Å². The summed E-state index contributed by atoms with van der Waals surface area (Å²) in [5, 5.41) is 2.15. The van der Waals surface area contributed by atoms with E-state index < -0.39 is 46.5 Å². The third-order valence-corrected chi connectivity index (χ3v) is 6.03. The zero-order chi connectivity index (χ0) is 27.6. The van der Waals surface area contributed by atoms with E-state index in [-0.39, 0.29) is 43.3 Å². The van der Waals surface area contributed by atoms with Gasteiger partial charge >= 0.3 is 5.97 Å². The van der Waals surface area contributed by atoms with E-state index >= 15 is 0 Å². The number of anilines is 2. The van der Waals surface area contributed by atoms with Crippen LogP contribution < -0.4 is 10.2 Å². The summed E-state index contributed by atoms with van der Waals surface area (Å²) in [5.41, 5.74) is -1.04. The van der Waals surface area contributed by atoms with Crippen molar-refractivity contribution in [1.29, 1.82) is 0 Å². The molecule has 38 heavy (non-hydrogen) atoms. The fraction of sp³-hybridized carbons (Fsp3) is 0.192. The molecule has 12 heteroatoms. The van der Waals surface area contributed by atoms with E-state index in [9.17, 15) is 36.3 Å². The predicted molar refractivity (Wildman–Crippen MR) is 127 cm³/mol. The van der Waals surface area contributed by atoms with Crippen molar-refractivity contribution >= 4 is 29.2 Å². The van der Waals surface area contributed by atoms with Crippen molar-refractivity contribution < 1.29 is 41.1 Å². The Bertz CT molecular complexity index is 1380. The van der Waals surface area contributed by atoms with Gasteiger partial charge in [0.15, 0.2) is 23.3 Å². The number of nitrogens with zero attached hydrogens (tertiary/aromatic N) is 2. The molecule has 4 rings (SSSR count). The van der Waals surface area contributed by atoms with Gasteiger partial charge in [-0.05, 0) is 30.3 Å². The van der Waals surface area contributed by atoms with Gasteiger partial charge in [0.1, 0.15) is 5.56 Å². The molecule has 1 fully saturated rings. The van der Waals surface area contributed by atoms with Crippen LogP contribution in [0.1, 0.15) is 31.1 Å². The highest BCUT2D eigenvalue weighted by Gasteiger charge is 2.31. The summed E-state index contributed by atoms with van der Waals surface area (Å²) in [6, 6.07) is 12.6. The smallest absolute Gasteiger partial charge is 0.337 e. The summed E-state index contributed by atoms with van der Waals surface area (Å²) < 4.78 is 73.9. The molecule has 7 nitrogen and oxygen atoms in total. The average molecular weight is 533 g/mol. The monoisotopic (exact) mass is 533 g/mol. The van der Waals surface area contributed by atoms with E-state index in [1.54, 1.807) is 40.1 Å². The molecule has 0 unspecified atom stereocenters. The van der Waals surface area contributed by atoms with Crippen LogP contribution in [0.5, 0.6) is 0 Å². The summed E-state index contributed by atoms with van der Waals surface area (Å²) in [4.78, 5) is 40.9. The molecule has 1 heterocycles. The maximum absolute atomic E-state index is 14.2. The number of piperazine rings is 1. The molecule has 198 valence electrons. The van der Waals surface area contributed by atoms with E-state index in [1.807, 2.05) is 0 Å². The normalized spacial score (nSPS) is 13.3. The third-order valence-electron chi connectivity index (χ3n) is 6.03. The average Bonchev–Trinajstić information content (AvgIpc) is 2.95. The number of carbonyl (C=O) groups excluding carboxylic acids is 3. The maximum Gasteiger partial charge on any atom is 0.337 e. The van der Waals surface area contributed by atoms with Gasteiger partial charge in [-0.2, -0.15) is 0 Å². The van der Waals surface area contributed by atoms with Crippen molar-refractivity contribution in [2.45, 2.75) is 0 Å². The fourth-order valence-corrected chi connectivity index (χ4v) is 4.06. The third kappa shape index (κ3) is 5.01. The summed E-state index contributed by atoms with van der Waals surface area (Å²) in [6.07, 6.45) is 0. The summed E-state index contributed by atoms with van der Waals surface area (Å²) in [7, 11) is 1.12. The number of rotatable bonds is 5.